The summed E-state index contributed by atoms with van der Waals surface area (Å²) in [6, 6.07) is 1.60. The van der Waals surface area contributed by atoms with Gasteiger partial charge in [0.15, 0.2) is 5.69 Å². The first-order chi connectivity index (χ1) is 6.60. The molecule has 0 aliphatic carbocycles. The van der Waals surface area contributed by atoms with Crippen LogP contribution in [0.2, 0.25) is 5.15 Å². The highest BCUT2D eigenvalue weighted by atomic mass is 79.9. The topological polar surface area (TPSA) is 39.2 Å². The van der Waals surface area contributed by atoms with E-state index in [0.717, 1.165) is 0 Å². The number of carbonyl (C=O) groups excluding carboxylic acids is 1. The third-order valence-corrected chi connectivity index (χ3v) is 2.58. The second-order valence-corrected chi connectivity index (χ2v) is 3.57. The van der Waals surface area contributed by atoms with Crippen molar-refractivity contribution in [1.82, 2.24) is 4.98 Å². The van der Waals surface area contributed by atoms with Gasteiger partial charge in [0.2, 0.25) is 0 Å². The van der Waals surface area contributed by atoms with Crippen LogP contribution in [0.4, 0.5) is 0 Å². The number of rotatable bonds is 2. The highest BCUT2D eigenvalue weighted by Gasteiger charge is 2.15. The highest BCUT2D eigenvalue weighted by molar-refractivity contribution is 9.10. The van der Waals surface area contributed by atoms with Gasteiger partial charge in [-0.15, -0.1) is 0 Å². The normalized spacial score (nSPS) is 9.64. The van der Waals surface area contributed by atoms with Crippen molar-refractivity contribution in [2.45, 2.75) is 0 Å². The molecule has 1 aromatic rings. The Kier molecular flexibility index (Phi) is 3.66. The molecule has 3 nitrogen and oxygen atoms in total. The minimum atomic E-state index is -0.539. The molecule has 0 atom stereocenters. The van der Waals surface area contributed by atoms with Gasteiger partial charge < -0.3 is 4.74 Å². The molecule has 1 heterocycles. The van der Waals surface area contributed by atoms with Crippen LogP contribution in [0.5, 0.6) is 0 Å². The summed E-state index contributed by atoms with van der Waals surface area (Å²) in [5.74, 6) is -0.539. The van der Waals surface area contributed by atoms with E-state index in [0.29, 0.717) is 10.0 Å². The maximum Gasteiger partial charge on any atom is 0.357 e. The van der Waals surface area contributed by atoms with Gasteiger partial charge in [-0.2, -0.15) is 0 Å². The fourth-order valence-corrected chi connectivity index (χ4v) is 1.63. The molecular weight excluding hydrogens is 269 g/mol. The zero-order valence-corrected chi connectivity index (χ0v) is 9.72. The van der Waals surface area contributed by atoms with E-state index in [1.54, 1.807) is 12.1 Å². The third-order valence-electron chi connectivity index (χ3n) is 1.55. The molecule has 0 saturated heterocycles. The van der Waals surface area contributed by atoms with Crippen molar-refractivity contribution in [1.29, 1.82) is 0 Å². The molecule has 0 N–H and O–H groups in total. The number of methoxy groups -OCH3 is 1. The minimum absolute atomic E-state index is 0.148. The molecule has 0 saturated carbocycles. The Bertz CT molecular complexity index is 393. The summed E-state index contributed by atoms with van der Waals surface area (Å²) in [5.41, 5.74) is 0.848. The maximum atomic E-state index is 11.2. The monoisotopic (exact) mass is 275 g/mol. The molecule has 0 spiro atoms. The number of carbonyl (C=O) groups is 1. The van der Waals surface area contributed by atoms with E-state index >= 15 is 0 Å². The SMILES string of the molecule is C=Cc1cc(Cl)nc(C(=O)OC)c1Br. The van der Waals surface area contributed by atoms with Crippen molar-refractivity contribution < 1.29 is 9.53 Å². The lowest BCUT2D eigenvalue weighted by Gasteiger charge is -2.05. The number of aromatic nitrogens is 1. The van der Waals surface area contributed by atoms with E-state index in [2.05, 4.69) is 32.2 Å². The number of hydrogen-bond donors (Lipinski definition) is 0. The quantitative estimate of drug-likeness (QED) is 0.616. The Morgan fingerprint density at radius 2 is 2.43 bits per heavy atom. The third kappa shape index (κ3) is 2.13. The van der Waals surface area contributed by atoms with Crippen molar-refractivity contribution in [3.8, 4) is 0 Å². The van der Waals surface area contributed by atoms with Crippen LogP contribution in [-0.4, -0.2) is 18.1 Å². The van der Waals surface area contributed by atoms with E-state index in [1.165, 1.54) is 7.11 Å². The Balaban J connectivity index is 3.36. The first kappa shape index (κ1) is 11.2. The molecule has 74 valence electrons. The van der Waals surface area contributed by atoms with Gasteiger partial charge >= 0.3 is 5.97 Å². The van der Waals surface area contributed by atoms with Crippen molar-refractivity contribution in [2.75, 3.05) is 7.11 Å². The van der Waals surface area contributed by atoms with Crippen LogP contribution in [-0.2, 0) is 4.74 Å². The molecule has 0 bridgehead atoms. The number of pyridine rings is 1. The first-order valence-electron chi connectivity index (χ1n) is 3.67. The summed E-state index contributed by atoms with van der Waals surface area (Å²) in [7, 11) is 1.28. The Morgan fingerprint density at radius 3 is 2.93 bits per heavy atom. The number of ether oxygens (including phenoxy) is 1. The smallest absolute Gasteiger partial charge is 0.357 e. The molecule has 1 rings (SSSR count). The van der Waals surface area contributed by atoms with Crippen molar-refractivity contribution in [2.24, 2.45) is 0 Å². The Labute approximate surface area is 94.9 Å². The Hall–Kier alpha value is -0.870. The summed E-state index contributed by atoms with van der Waals surface area (Å²) < 4.78 is 5.08. The van der Waals surface area contributed by atoms with Gasteiger partial charge in [-0.05, 0) is 27.6 Å². The molecule has 0 aliphatic rings. The Morgan fingerprint density at radius 1 is 1.79 bits per heavy atom. The van der Waals surface area contributed by atoms with E-state index in [9.17, 15) is 4.79 Å². The molecule has 1 aromatic heterocycles. The second kappa shape index (κ2) is 4.57. The summed E-state index contributed by atoms with van der Waals surface area (Å²) in [5, 5.41) is 0.225. The molecule has 0 aliphatic heterocycles. The molecule has 14 heavy (non-hydrogen) atoms. The number of nitrogens with zero attached hydrogens (tertiary/aromatic N) is 1. The van der Waals surface area contributed by atoms with Crippen LogP contribution in [0, 0.1) is 0 Å². The van der Waals surface area contributed by atoms with Gasteiger partial charge in [-0.25, -0.2) is 9.78 Å². The fourth-order valence-electron chi connectivity index (χ4n) is 0.897. The lowest BCUT2D eigenvalue weighted by Crippen LogP contribution is -2.06. The largest absolute Gasteiger partial charge is 0.464 e. The lowest BCUT2D eigenvalue weighted by molar-refractivity contribution is 0.0593. The van der Waals surface area contributed by atoms with Crippen LogP contribution >= 0.6 is 27.5 Å². The molecule has 0 aromatic carbocycles. The van der Waals surface area contributed by atoms with E-state index < -0.39 is 5.97 Å². The van der Waals surface area contributed by atoms with Crippen molar-refractivity contribution in [3.63, 3.8) is 0 Å². The van der Waals surface area contributed by atoms with Crippen LogP contribution in [0.25, 0.3) is 6.08 Å². The molecule has 5 heteroatoms. The number of hydrogen-bond acceptors (Lipinski definition) is 3. The van der Waals surface area contributed by atoms with Gasteiger partial charge in [-0.1, -0.05) is 24.3 Å². The summed E-state index contributed by atoms with van der Waals surface area (Å²) in [4.78, 5) is 15.1. The molecule has 0 amide bonds. The second-order valence-electron chi connectivity index (χ2n) is 2.39. The zero-order valence-electron chi connectivity index (χ0n) is 7.38. The molecular formula is C9H7BrClNO2. The van der Waals surface area contributed by atoms with Gasteiger partial charge in [0, 0.05) is 0 Å². The van der Waals surface area contributed by atoms with Crippen LogP contribution in [0.3, 0.4) is 0 Å². The van der Waals surface area contributed by atoms with Crippen LogP contribution < -0.4 is 0 Å². The van der Waals surface area contributed by atoms with E-state index in [4.69, 9.17) is 11.6 Å². The lowest BCUT2D eigenvalue weighted by atomic mass is 10.2. The van der Waals surface area contributed by atoms with E-state index in [-0.39, 0.29) is 10.8 Å². The predicted octanol–water partition coefficient (Wildman–Crippen LogP) is 2.93. The first-order valence-corrected chi connectivity index (χ1v) is 4.84. The van der Waals surface area contributed by atoms with Gasteiger partial charge in [0.25, 0.3) is 0 Å². The summed E-state index contributed by atoms with van der Waals surface area (Å²) >= 11 is 8.94. The van der Waals surface area contributed by atoms with Crippen molar-refractivity contribution in [3.05, 3.63) is 33.5 Å². The average molecular weight is 277 g/mol. The number of esters is 1. The van der Waals surface area contributed by atoms with E-state index in [1.807, 2.05) is 0 Å². The average Bonchev–Trinajstić information content (AvgIpc) is 2.19. The fraction of sp³-hybridized carbons (Fsp3) is 0.111. The maximum absolute atomic E-state index is 11.2. The predicted molar refractivity (Wildman–Crippen MR) is 58.4 cm³/mol. The molecule has 0 radical (unpaired) electrons. The summed E-state index contributed by atoms with van der Waals surface area (Å²) in [6.07, 6.45) is 1.57. The van der Waals surface area contributed by atoms with Crippen LogP contribution in [0.1, 0.15) is 16.1 Å². The molecule has 0 unspecified atom stereocenters. The van der Waals surface area contributed by atoms with Gasteiger partial charge in [0.1, 0.15) is 5.15 Å². The van der Waals surface area contributed by atoms with Gasteiger partial charge in [-0.3, -0.25) is 0 Å². The zero-order chi connectivity index (χ0) is 10.7. The van der Waals surface area contributed by atoms with Crippen LogP contribution in [0.15, 0.2) is 17.1 Å². The summed E-state index contributed by atoms with van der Waals surface area (Å²) in [6.45, 7) is 3.59. The molecule has 0 fully saturated rings. The van der Waals surface area contributed by atoms with Gasteiger partial charge in [0.05, 0.1) is 11.6 Å². The minimum Gasteiger partial charge on any atom is -0.464 e. The highest BCUT2D eigenvalue weighted by Crippen LogP contribution is 2.24. The van der Waals surface area contributed by atoms with Crippen molar-refractivity contribution >= 4 is 39.6 Å². The number of halogens is 2. The standard InChI is InChI=1S/C9H7BrClNO2/c1-3-5-4-6(11)12-8(7(5)10)9(13)14-2/h3-4H,1H2,2H3.